The molecule has 3 heterocycles. The third kappa shape index (κ3) is 4.11. The number of fused-ring (bicyclic) bond motifs is 2. The number of halogens is 3. The number of hydrogen-bond donors (Lipinski definition) is 2. The summed E-state index contributed by atoms with van der Waals surface area (Å²) < 4.78 is 36.7. The first-order valence-electron chi connectivity index (χ1n) is 11.9. The molecular formula is C26H24ClF2N5O2S. The standard InChI is InChI=1S/C26H24ClF2N5O2S/c1-3-7-26(8-4-9-34(26)2)12-36-25-32-21-14(24(35)33-25)10-16(27)19(20(21)29)13-5-6-17(28)22-18(13)15(11-30)23(31)37-22/h5-6,10H,3-4,7-9,12,31H2,1-2H3,(H,32,33,35). The van der Waals surface area contributed by atoms with Gasteiger partial charge in [-0.25, -0.2) is 8.78 Å². The average molecular weight is 544 g/mol. The monoisotopic (exact) mass is 543 g/mol. The minimum absolute atomic E-state index is 0.0369. The van der Waals surface area contributed by atoms with E-state index in [1.165, 1.54) is 18.2 Å². The van der Waals surface area contributed by atoms with Crippen molar-refractivity contribution in [3.63, 3.8) is 0 Å². The lowest BCUT2D eigenvalue weighted by molar-refractivity contribution is 0.0826. The Morgan fingerprint density at radius 2 is 2.19 bits per heavy atom. The largest absolute Gasteiger partial charge is 0.463 e. The normalized spacial score (nSPS) is 18.1. The average Bonchev–Trinajstić information content (AvgIpc) is 3.40. The zero-order chi connectivity index (χ0) is 26.5. The summed E-state index contributed by atoms with van der Waals surface area (Å²) in [5, 5.41) is 9.77. The van der Waals surface area contributed by atoms with E-state index in [9.17, 15) is 14.4 Å². The molecular weight excluding hydrogens is 520 g/mol. The number of nitrogens with two attached hydrogens (primary N) is 1. The molecule has 0 amide bonds. The SMILES string of the molecule is CCCC1(COc2nc3c(F)c(-c4ccc(F)c5sc(N)c(C#N)c45)c(Cl)cc3c(=O)[nH]2)CCCN1C. The number of nitrogens with zero attached hydrogens (tertiary/aromatic N) is 3. The first-order valence-corrected chi connectivity index (χ1v) is 13.1. The number of thiophene rings is 1. The molecule has 1 aliphatic heterocycles. The fourth-order valence-electron chi connectivity index (χ4n) is 5.32. The number of H-pyrrole nitrogens is 1. The number of anilines is 1. The van der Waals surface area contributed by atoms with E-state index in [4.69, 9.17) is 22.1 Å². The molecule has 4 aromatic rings. The van der Waals surface area contributed by atoms with Crippen molar-refractivity contribution in [2.75, 3.05) is 25.9 Å². The van der Waals surface area contributed by atoms with Gasteiger partial charge in [-0.1, -0.05) is 31.0 Å². The summed E-state index contributed by atoms with van der Waals surface area (Å²) in [6.07, 6.45) is 3.88. The van der Waals surface area contributed by atoms with Gasteiger partial charge in [-0.3, -0.25) is 14.7 Å². The van der Waals surface area contributed by atoms with Crippen LogP contribution in [-0.4, -0.2) is 40.6 Å². The van der Waals surface area contributed by atoms with Crippen molar-refractivity contribution < 1.29 is 13.5 Å². The summed E-state index contributed by atoms with van der Waals surface area (Å²) in [6, 6.07) is 5.69. The summed E-state index contributed by atoms with van der Waals surface area (Å²) >= 11 is 7.35. The van der Waals surface area contributed by atoms with E-state index >= 15 is 4.39 Å². The Hall–Kier alpha value is -3.26. The molecule has 37 heavy (non-hydrogen) atoms. The zero-order valence-corrected chi connectivity index (χ0v) is 21.8. The second kappa shape index (κ2) is 9.56. The molecule has 2 aromatic carbocycles. The molecule has 192 valence electrons. The van der Waals surface area contributed by atoms with Crippen LogP contribution in [0.5, 0.6) is 6.01 Å². The number of likely N-dealkylation sites (tertiary alicyclic amines) is 1. The van der Waals surface area contributed by atoms with Crippen LogP contribution in [0.3, 0.4) is 0 Å². The molecule has 0 aliphatic carbocycles. The van der Waals surface area contributed by atoms with E-state index in [0.29, 0.717) is 6.61 Å². The van der Waals surface area contributed by atoms with Gasteiger partial charge in [-0.05, 0) is 50.6 Å². The van der Waals surface area contributed by atoms with Crippen LogP contribution in [0.15, 0.2) is 23.0 Å². The quantitative estimate of drug-likeness (QED) is 0.316. The number of hydrogen-bond acceptors (Lipinski definition) is 7. The van der Waals surface area contributed by atoms with Crippen molar-refractivity contribution in [3.05, 3.63) is 50.8 Å². The molecule has 0 spiro atoms. The summed E-state index contributed by atoms with van der Waals surface area (Å²) in [5.74, 6) is -1.46. The highest BCUT2D eigenvalue weighted by molar-refractivity contribution is 7.23. The van der Waals surface area contributed by atoms with Crippen LogP contribution in [-0.2, 0) is 0 Å². The van der Waals surface area contributed by atoms with Crippen LogP contribution in [0.1, 0.15) is 38.2 Å². The molecule has 1 fully saturated rings. The van der Waals surface area contributed by atoms with Crippen molar-refractivity contribution in [2.24, 2.45) is 0 Å². The zero-order valence-electron chi connectivity index (χ0n) is 20.3. The predicted molar refractivity (Wildman–Crippen MR) is 142 cm³/mol. The van der Waals surface area contributed by atoms with Gasteiger partial charge in [0.2, 0.25) is 0 Å². The van der Waals surface area contributed by atoms with Crippen LogP contribution >= 0.6 is 22.9 Å². The summed E-state index contributed by atoms with van der Waals surface area (Å²) in [5.41, 5.74) is 5.04. The van der Waals surface area contributed by atoms with E-state index in [0.717, 1.165) is 43.6 Å². The number of benzene rings is 2. The number of aromatic nitrogens is 2. The maximum absolute atomic E-state index is 16.1. The van der Waals surface area contributed by atoms with Crippen molar-refractivity contribution in [1.29, 1.82) is 5.26 Å². The number of rotatable bonds is 6. The van der Waals surface area contributed by atoms with Crippen molar-refractivity contribution in [3.8, 4) is 23.2 Å². The van der Waals surface area contributed by atoms with E-state index in [-0.39, 0.29) is 59.3 Å². The number of nitrogens with one attached hydrogen (secondary N) is 1. The highest BCUT2D eigenvalue weighted by Gasteiger charge is 2.39. The van der Waals surface area contributed by atoms with Crippen LogP contribution in [0, 0.1) is 23.0 Å². The van der Waals surface area contributed by atoms with Gasteiger partial charge in [0.1, 0.15) is 29.0 Å². The van der Waals surface area contributed by atoms with Crippen LogP contribution in [0.25, 0.3) is 32.1 Å². The summed E-state index contributed by atoms with van der Waals surface area (Å²) in [4.78, 5) is 22.0. The molecule has 1 saturated heterocycles. The fourth-order valence-corrected chi connectivity index (χ4v) is 6.56. The molecule has 1 atom stereocenters. The highest BCUT2D eigenvalue weighted by Crippen LogP contribution is 2.44. The molecule has 1 unspecified atom stereocenters. The fraction of sp³-hybridized carbons (Fsp3) is 0.346. The summed E-state index contributed by atoms with van der Waals surface area (Å²) in [7, 11) is 2.05. The predicted octanol–water partition coefficient (Wildman–Crippen LogP) is 5.83. The van der Waals surface area contributed by atoms with Crippen molar-refractivity contribution in [2.45, 2.75) is 38.1 Å². The van der Waals surface area contributed by atoms with Gasteiger partial charge in [0.05, 0.1) is 26.2 Å². The minimum Gasteiger partial charge on any atom is -0.463 e. The lowest BCUT2D eigenvalue weighted by atomic mass is 9.92. The minimum atomic E-state index is -0.874. The maximum atomic E-state index is 16.1. The number of aromatic amines is 1. The second-order valence-corrected chi connectivity index (χ2v) is 10.8. The third-order valence-electron chi connectivity index (χ3n) is 7.21. The highest BCUT2D eigenvalue weighted by atomic mass is 35.5. The van der Waals surface area contributed by atoms with Gasteiger partial charge in [0.25, 0.3) is 11.6 Å². The Morgan fingerprint density at radius 3 is 2.86 bits per heavy atom. The molecule has 2 aromatic heterocycles. The maximum Gasteiger partial charge on any atom is 0.297 e. The topological polar surface area (TPSA) is 108 Å². The van der Waals surface area contributed by atoms with Gasteiger partial charge >= 0.3 is 0 Å². The second-order valence-electron chi connectivity index (χ2n) is 9.35. The molecule has 3 N–H and O–H groups in total. The molecule has 5 rings (SSSR count). The van der Waals surface area contributed by atoms with Gasteiger partial charge in [0, 0.05) is 10.9 Å². The van der Waals surface area contributed by atoms with E-state index < -0.39 is 17.2 Å². The van der Waals surface area contributed by atoms with Crippen molar-refractivity contribution >= 4 is 48.9 Å². The molecule has 7 nitrogen and oxygen atoms in total. The smallest absolute Gasteiger partial charge is 0.297 e. The number of ether oxygens (including phenoxy) is 1. The third-order valence-corrected chi connectivity index (χ3v) is 8.53. The first-order chi connectivity index (χ1) is 17.7. The number of likely N-dealkylation sites (N-methyl/N-ethyl adjacent to an activating group) is 1. The molecule has 0 saturated carbocycles. The Balaban J connectivity index is 1.65. The lowest BCUT2D eigenvalue weighted by Crippen LogP contribution is -2.46. The molecule has 0 bridgehead atoms. The molecule has 1 aliphatic rings. The summed E-state index contributed by atoms with van der Waals surface area (Å²) in [6.45, 7) is 3.35. The first kappa shape index (κ1) is 25.4. The lowest BCUT2D eigenvalue weighted by Gasteiger charge is -2.35. The van der Waals surface area contributed by atoms with E-state index in [1.54, 1.807) is 0 Å². The van der Waals surface area contributed by atoms with Gasteiger partial charge in [0.15, 0.2) is 5.82 Å². The van der Waals surface area contributed by atoms with Gasteiger partial charge in [-0.15, -0.1) is 11.3 Å². The number of nitriles is 1. The molecule has 11 heteroatoms. The van der Waals surface area contributed by atoms with Crippen LogP contribution in [0.4, 0.5) is 13.8 Å². The van der Waals surface area contributed by atoms with Crippen LogP contribution in [0.2, 0.25) is 5.02 Å². The van der Waals surface area contributed by atoms with Crippen molar-refractivity contribution in [1.82, 2.24) is 14.9 Å². The Labute approximate surface area is 220 Å². The Kier molecular flexibility index (Phi) is 6.56. The Morgan fingerprint density at radius 1 is 1.41 bits per heavy atom. The Bertz CT molecular complexity index is 1650. The van der Waals surface area contributed by atoms with E-state index in [2.05, 4.69) is 21.8 Å². The van der Waals surface area contributed by atoms with Crippen LogP contribution < -0.4 is 16.0 Å². The number of nitrogen functional groups attached to an aromatic ring is 1. The van der Waals surface area contributed by atoms with Gasteiger partial charge < -0.3 is 10.5 Å². The van der Waals surface area contributed by atoms with Gasteiger partial charge in [-0.2, -0.15) is 10.2 Å². The van der Waals surface area contributed by atoms with E-state index in [1.807, 2.05) is 13.1 Å². The molecule has 0 radical (unpaired) electrons.